The Morgan fingerprint density at radius 2 is 2.14 bits per heavy atom. The Morgan fingerprint density at radius 1 is 1.36 bits per heavy atom. The van der Waals surface area contributed by atoms with E-state index in [1.807, 2.05) is 36.0 Å². The van der Waals surface area contributed by atoms with Crippen LogP contribution in [0.3, 0.4) is 0 Å². The lowest BCUT2D eigenvalue weighted by atomic mass is 9.90. The fraction of sp³-hybridized carbons (Fsp3) is 0.471. The number of hydrogen-bond acceptors (Lipinski definition) is 3. The van der Waals surface area contributed by atoms with Crippen molar-refractivity contribution in [3.05, 3.63) is 41.0 Å². The summed E-state index contributed by atoms with van der Waals surface area (Å²) in [7, 11) is 1.96. The summed E-state index contributed by atoms with van der Waals surface area (Å²) in [6.45, 7) is 6.04. The van der Waals surface area contributed by atoms with Gasteiger partial charge in [0.15, 0.2) is 0 Å². The highest BCUT2D eigenvalue weighted by atomic mass is 35.5. The number of rotatable bonds is 4. The molecule has 3 rings (SSSR count). The SMILES string of the molecule is Cn1cc(CN2CCC(C)(CN)C2)c(-c2ccccc2Cl)n1. The molecule has 2 N–H and O–H groups in total. The van der Waals surface area contributed by atoms with Crippen molar-refractivity contribution >= 4 is 11.6 Å². The third-order valence-electron chi connectivity index (χ3n) is 4.56. The molecular formula is C17H23ClN4. The molecule has 1 aromatic heterocycles. The van der Waals surface area contributed by atoms with Gasteiger partial charge in [0.2, 0.25) is 0 Å². The average molecular weight is 319 g/mol. The van der Waals surface area contributed by atoms with Crippen molar-refractivity contribution in [2.75, 3.05) is 19.6 Å². The molecule has 22 heavy (non-hydrogen) atoms. The lowest BCUT2D eigenvalue weighted by Gasteiger charge is -2.22. The number of aryl methyl sites for hydroxylation is 1. The molecule has 2 aromatic rings. The van der Waals surface area contributed by atoms with Gasteiger partial charge in [-0.25, -0.2) is 0 Å². The van der Waals surface area contributed by atoms with Crippen LogP contribution in [-0.4, -0.2) is 34.3 Å². The lowest BCUT2D eigenvalue weighted by molar-refractivity contribution is 0.274. The minimum atomic E-state index is 0.243. The molecule has 0 aliphatic carbocycles. The zero-order valence-electron chi connectivity index (χ0n) is 13.2. The van der Waals surface area contributed by atoms with E-state index in [0.29, 0.717) is 0 Å². The molecule has 1 fully saturated rings. The summed E-state index contributed by atoms with van der Waals surface area (Å²) in [4.78, 5) is 2.46. The van der Waals surface area contributed by atoms with Gasteiger partial charge in [-0.3, -0.25) is 9.58 Å². The van der Waals surface area contributed by atoms with E-state index in [9.17, 15) is 0 Å². The van der Waals surface area contributed by atoms with Crippen LogP contribution in [0.15, 0.2) is 30.5 Å². The van der Waals surface area contributed by atoms with Gasteiger partial charge in [-0.2, -0.15) is 5.10 Å². The van der Waals surface area contributed by atoms with Gasteiger partial charge >= 0.3 is 0 Å². The van der Waals surface area contributed by atoms with E-state index >= 15 is 0 Å². The molecular weight excluding hydrogens is 296 g/mol. The van der Waals surface area contributed by atoms with Gasteiger partial charge in [0.25, 0.3) is 0 Å². The normalized spacial score (nSPS) is 22.4. The maximum absolute atomic E-state index is 6.35. The van der Waals surface area contributed by atoms with Crippen molar-refractivity contribution in [2.24, 2.45) is 18.2 Å². The predicted octanol–water partition coefficient (Wildman–Crippen LogP) is 2.91. The molecule has 0 bridgehead atoms. The van der Waals surface area contributed by atoms with Gasteiger partial charge in [0, 0.05) is 37.5 Å². The number of nitrogens with two attached hydrogens (primary N) is 1. The van der Waals surface area contributed by atoms with Crippen LogP contribution < -0.4 is 5.73 Å². The standard InChI is InChI=1S/C17H23ClN4/c1-17(11-19)7-8-22(12-17)10-13-9-21(2)20-16(13)14-5-3-4-6-15(14)18/h3-6,9H,7-8,10-12,19H2,1-2H3. The van der Waals surface area contributed by atoms with Crippen LogP contribution in [-0.2, 0) is 13.6 Å². The molecule has 0 radical (unpaired) electrons. The Hall–Kier alpha value is -1.36. The van der Waals surface area contributed by atoms with Gasteiger partial charge in [-0.1, -0.05) is 36.7 Å². The summed E-state index contributed by atoms with van der Waals surface area (Å²) in [6.07, 6.45) is 3.25. The summed E-state index contributed by atoms with van der Waals surface area (Å²) >= 11 is 6.35. The second-order valence-corrected chi connectivity index (χ2v) is 7.04. The Morgan fingerprint density at radius 3 is 2.82 bits per heavy atom. The molecule has 1 atom stereocenters. The van der Waals surface area contributed by atoms with E-state index in [2.05, 4.69) is 23.1 Å². The zero-order chi connectivity index (χ0) is 15.7. The maximum Gasteiger partial charge on any atom is 0.0983 e. The predicted molar refractivity (Wildman–Crippen MR) is 90.7 cm³/mol. The van der Waals surface area contributed by atoms with Crippen molar-refractivity contribution in [1.29, 1.82) is 0 Å². The molecule has 4 nitrogen and oxygen atoms in total. The molecule has 118 valence electrons. The highest BCUT2D eigenvalue weighted by Crippen LogP contribution is 2.33. The summed E-state index contributed by atoms with van der Waals surface area (Å²) in [5, 5.41) is 5.37. The van der Waals surface area contributed by atoms with Crippen LogP contribution in [0.25, 0.3) is 11.3 Å². The average Bonchev–Trinajstić information content (AvgIpc) is 3.04. The van der Waals surface area contributed by atoms with E-state index < -0.39 is 0 Å². The first kappa shape index (κ1) is 15.5. The van der Waals surface area contributed by atoms with Crippen LogP contribution in [0.1, 0.15) is 18.9 Å². The Balaban J connectivity index is 1.85. The smallest absolute Gasteiger partial charge is 0.0983 e. The minimum absolute atomic E-state index is 0.243. The van der Waals surface area contributed by atoms with Gasteiger partial charge in [0.1, 0.15) is 0 Å². The number of halogens is 1. The van der Waals surface area contributed by atoms with E-state index in [-0.39, 0.29) is 5.41 Å². The van der Waals surface area contributed by atoms with E-state index in [4.69, 9.17) is 17.3 Å². The summed E-state index contributed by atoms with van der Waals surface area (Å²) in [5.41, 5.74) is 9.35. The third-order valence-corrected chi connectivity index (χ3v) is 4.89. The Labute approximate surface area is 136 Å². The van der Waals surface area contributed by atoms with E-state index in [1.54, 1.807) is 0 Å². The topological polar surface area (TPSA) is 47.1 Å². The van der Waals surface area contributed by atoms with Crippen molar-refractivity contribution in [3.8, 4) is 11.3 Å². The first-order valence-electron chi connectivity index (χ1n) is 7.71. The van der Waals surface area contributed by atoms with Crippen LogP contribution in [0, 0.1) is 5.41 Å². The monoisotopic (exact) mass is 318 g/mol. The fourth-order valence-electron chi connectivity index (χ4n) is 3.20. The number of likely N-dealkylation sites (tertiary alicyclic amines) is 1. The minimum Gasteiger partial charge on any atom is -0.330 e. The quantitative estimate of drug-likeness (QED) is 0.943. The number of benzene rings is 1. The van der Waals surface area contributed by atoms with Crippen LogP contribution in [0.5, 0.6) is 0 Å². The largest absolute Gasteiger partial charge is 0.330 e. The van der Waals surface area contributed by atoms with Crippen molar-refractivity contribution in [2.45, 2.75) is 19.9 Å². The van der Waals surface area contributed by atoms with Gasteiger partial charge in [-0.15, -0.1) is 0 Å². The summed E-state index contributed by atoms with van der Waals surface area (Å²) in [6, 6.07) is 7.89. The molecule has 1 aliphatic rings. The molecule has 1 aliphatic heterocycles. The highest BCUT2D eigenvalue weighted by molar-refractivity contribution is 6.33. The first-order chi connectivity index (χ1) is 10.5. The molecule has 1 aromatic carbocycles. The number of aromatic nitrogens is 2. The van der Waals surface area contributed by atoms with Gasteiger partial charge < -0.3 is 5.73 Å². The van der Waals surface area contributed by atoms with Crippen molar-refractivity contribution in [3.63, 3.8) is 0 Å². The third kappa shape index (κ3) is 3.05. The zero-order valence-corrected chi connectivity index (χ0v) is 14.0. The highest BCUT2D eigenvalue weighted by Gasteiger charge is 2.32. The van der Waals surface area contributed by atoms with Crippen LogP contribution in [0.2, 0.25) is 5.02 Å². The van der Waals surface area contributed by atoms with E-state index in [1.165, 1.54) is 5.56 Å². The molecule has 1 saturated heterocycles. The second-order valence-electron chi connectivity index (χ2n) is 6.63. The van der Waals surface area contributed by atoms with Gasteiger partial charge in [-0.05, 0) is 31.0 Å². The maximum atomic E-state index is 6.35. The molecule has 0 amide bonds. The summed E-state index contributed by atoms with van der Waals surface area (Å²) < 4.78 is 1.87. The molecule has 1 unspecified atom stereocenters. The second kappa shape index (κ2) is 6.03. The molecule has 0 spiro atoms. The van der Waals surface area contributed by atoms with Crippen molar-refractivity contribution in [1.82, 2.24) is 14.7 Å². The molecule has 0 saturated carbocycles. The summed E-state index contributed by atoms with van der Waals surface area (Å²) in [5.74, 6) is 0. The van der Waals surface area contributed by atoms with Crippen molar-refractivity contribution < 1.29 is 0 Å². The Bertz CT molecular complexity index is 666. The lowest BCUT2D eigenvalue weighted by Crippen LogP contribution is -2.31. The molecule has 2 heterocycles. The fourth-order valence-corrected chi connectivity index (χ4v) is 3.43. The number of nitrogens with zero attached hydrogens (tertiary/aromatic N) is 3. The number of hydrogen-bond donors (Lipinski definition) is 1. The molecule has 5 heteroatoms. The van der Waals surface area contributed by atoms with Gasteiger partial charge in [0.05, 0.1) is 10.7 Å². The Kier molecular flexibility index (Phi) is 4.26. The first-order valence-corrected chi connectivity index (χ1v) is 8.08. The van der Waals surface area contributed by atoms with Crippen LogP contribution in [0.4, 0.5) is 0 Å². The van der Waals surface area contributed by atoms with Crippen LogP contribution >= 0.6 is 11.6 Å². The van der Waals surface area contributed by atoms with E-state index in [0.717, 1.165) is 48.9 Å².